The lowest BCUT2D eigenvalue weighted by Gasteiger charge is -2.53. The molecule has 1 aromatic rings. The molecule has 1 aromatic carbocycles. The van der Waals surface area contributed by atoms with E-state index in [1.807, 2.05) is 0 Å². The maximum absolute atomic E-state index is 12.1. The molecule has 3 heterocycles. The van der Waals surface area contributed by atoms with Crippen molar-refractivity contribution in [2.45, 2.75) is 63.7 Å². The number of hydrogen-bond donors (Lipinski definition) is 2. The van der Waals surface area contributed by atoms with Gasteiger partial charge in [0.05, 0.1) is 6.17 Å². The fraction of sp³-hybridized carbons (Fsp3) is 0.692. The summed E-state index contributed by atoms with van der Waals surface area (Å²) in [5.74, 6) is -2.10. The first kappa shape index (κ1) is 24.3. The van der Waals surface area contributed by atoms with Gasteiger partial charge in [-0.05, 0) is 70.6 Å². The third kappa shape index (κ3) is 5.83. The van der Waals surface area contributed by atoms with Crippen molar-refractivity contribution in [3.63, 3.8) is 0 Å². The zero-order valence-corrected chi connectivity index (χ0v) is 20.0. The van der Waals surface area contributed by atoms with Crippen molar-refractivity contribution in [3.8, 4) is 0 Å². The minimum absolute atomic E-state index is 0.192. The van der Waals surface area contributed by atoms with Gasteiger partial charge in [0, 0.05) is 38.3 Å². The summed E-state index contributed by atoms with van der Waals surface area (Å²) in [5, 5.41) is 13.1. The van der Waals surface area contributed by atoms with Gasteiger partial charge in [0.25, 0.3) is 0 Å². The van der Waals surface area contributed by atoms with Crippen molar-refractivity contribution in [2.24, 2.45) is 5.92 Å². The van der Waals surface area contributed by atoms with Crippen molar-refractivity contribution in [1.29, 1.82) is 0 Å². The molecule has 0 aromatic heterocycles. The van der Waals surface area contributed by atoms with Gasteiger partial charge < -0.3 is 10.4 Å². The van der Waals surface area contributed by atoms with Crippen LogP contribution in [0.5, 0.6) is 0 Å². The van der Waals surface area contributed by atoms with Crippen molar-refractivity contribution in [2.75, 3.05) is 45.8 Å². The maximum atomic E-state index is 12.1. The third-order valence-corrected chi connectivity index (χ3v) is 8.12. The molecular formula is C26H40N4O3. The minimum atomic E-state index is -0.974. The van der Waals surface area contributed by atoms with E-state index in [9.17, 15) is 14.7 Å². The largest absolute Gasteiger partial charge is 0.481 e. The second kappa shape index (κ2) is 11.1. The van der Waals surface area contributed by atoms with Crippen LogP contribution in [0.15, 0.2) is 30.3 Å². The molecule has 4 rings (SSSR count). The summed E-state index contributed by atoms with van der Waals surface area (Å²) in [6.45, 7) is 9.24. The van der Waals surface area contributed by atoms with Crippen molar-refractivity contribution >= 4 is 11.8 Å². The molecule has 0 spiro atoms. The lowest BCUT2D eigenvalue weighted by molar-refractivity contribution is -0.148. The standard InChI is InChI=1S/C26H40N4O3/c1-21(31)23(25(32)33)19-26(10-12-27-13-11-26)30-17-15-28(16-18-30)24-9-5-6-14-29(24)20-22-7-3-2-4-8-22/h2-4,7-8,23-24,27H,5-6,9-20H2,1H3,(H,32,33). The molecule has 3 aliphatic rings. The van der Waals surface area contributed by atoms with E-state index in [4.69, 9.17) is 0 Å². The summed E-state index contributed by atoms with van der Waals surface area (Å²) in [7, 11) is 0. The average Bonchev–Trinajstić information content (AvgIpc) is 2.84. The number of nitrogens with zero attached hydrogens (tertiary/aromatic N) is 3. The van der Waals surface area contributed by atoms with Gasteiger partial charge in [-0.1, -0.05) is 30.3 Å². The van der Waals surface area contributed by atoms with Gasteiger partial charge in [-0.2, -0.15) is 0 Å². The molecule has 3 fully saturated rings. The summed E-state index contributed by atoms with van der Waals surface area (Å²) in [6.07, 6.45) is 6.50. The number of ketones is 1. The number of likely N-dealkylation sites (tertiary alicyclic amines) is 1. The summed E-state index contributed by atoms with van der Waals surface area (Å²) in [6, 6.07) is 10.8. The fourth-order valence-electron chi connectivity index (χ4n) is 6.21. The number of hydrogen-bond acceptors (Lipinski definition) is 6. The molecule has 182 valence electrons. The molecule has 0 amide bonds. The number of benzene rings is 1. The summed E-state index contributed by atoms with van der Waals surface area (Å²) in [5.41, 5.74) is 1.18. The van der Waals surface area contributed by atoms with E-state index in [0.717, 1.165) is 65.2 Å². The number of piperazine rings is 1. The average molecular weight is 457 g/mol. The summed E-state index contributed by atoms with van der Waals surface area (Å²) >= 11 is 0. The van der Waals surface area contributed by atoms with E-state index in [0.29, 0.717) is 12.6 Å². The van der Waals surface area contributed by atoms with Crippen molar-refractivity contribution in [1.82, 2.24) is 20.0 Å². The SMILES string of the molecule is CC(=O)C(CC1(N2CCN(C3CCCCN3Cc3ccccc3)CC2)CCNCC1)C(=O)O. The Kier molecular flexibility index (Phi) is 8.17. The van der Waals surface area contributed by atoms with Crippen LogP contribution in [0.25, 0.3) is 0 Å². The van der Waals surface area contributed by atoms with Gasteiger partial charge >= 0.3 is 5.97 Å². The molecule has 0 bridgehead atoms. The molecule has 0 aliphatic carbocycles. The maximum Gasteiger partial charge on any atom is 0.314 e. The normalized spacial score (nSPS) is 26.0. The molecule has 0 radical (unpaired) electrons. The second-order valence-electron chi connectivity index (χ2n) is 10.1. The molecular weight excluding hydrogens is 416 g/mol. The molecule has 2 N–H and O–H groups in total. The Morgan fingerprint density at radius 3 is 2.39 bits per heavy atom. The van der Waals surface area contributed by atoms with Gasteiger partial charge in [0.1, 0.15) is 11.7 Å². The quantitative estimate of drug-likeness (QED) is 0.582. The Labute approximate surface area is 198 Å². The number of carbonyl (C=O) groups is 2. The lowest BCUT2D eigenvalue weighted by atomic mass is 9.77. The molecule has 0 saturated carbocycles. The number of Topliss-reactive ketones (excluding diaryl/α,β-unsaturated/α-hetero) is 1. The number of aliphatic carboxylic acids is 1. The fourth-order valence-corrected chi connectivity index (χ4v) is 6.21. The highest BCUT2D eigenvalue weighted by atomic mass is 16.4. The lowest BCUT2D eigenvalue weighted by Crippen LogP contribution is -2.64. The van der Waals surface area contributed by atoms with Crippen LogP contribution < -0.4 is 5.32 Å². The minimum Gasteiger partial charge on any atom is -0.481 e. The number of nitrogens with one attached hydrogen (secondary N) is 1. The van der Waals surface area contributed by atoms with Gasteiger partial charge in [0.15, 0.2) is 0 Å². The van der Waals surface area contributed by atoms with Crippen LogP contribution in [0.1, 0.15) is 51.0 Å². The third-order valence-electron chi connectivity index (χ3n) is 8.12. The Balaban J connectivity index is 1.42. The monoisotopic (exact) mass is 456 g/mol. The highest BCUT2D eigenvalue weighted by Crippen LogP contribution is 2.35. The van der Waals surface area contributed by atoms with E-state index in [1.54, 1.807) is 0 Å². The molecule has 2 atom stereocenters. The molecule has 33 heavy (non-hydrogen) atoms. The van der Waals surface area contributed by atoms with E-state index >= 15 is 0 Å². The van der Waals surface area contributed by atoms with Crippen LogP contribution in [0, 0.1) is 5.92 Å². The van der Waals surface area contributed by atoms with Gasteiger partial charge in [-0.25, -0.2) is 0 Å². The first-order valence-electron chi connectivity index (χ1n) is 12.7. The zero-order chi connectivity index (χ0) is 23.3. The summed E-state index contributed by atoms with van der Waals surface area (Å²) in [4.78, 5) is 31.7. The van der Waals surface area contributed by atoms with Crippen LogP contribution in [-0.4, -0.2) is 89.1 Å². The zero-order valence-electron chi connectivity index (χ0n) is 20.0. The van der Waals surface area contributed by atoms with Crippen LogP contribution in [0.2, 0.25) is 0 Å². The van der Waals surface area contributed by atoms with E-state index in [1.165, 1.54) is 31.7 Å². The Hall–Kier alpha value is -1.80. The number of carbonyl (C=O) groups excluding carboxylic acids is 1. The van der Waals surface area contributed by atoms with Crippen LogP contribution >= 0.6 is 0 Å². The Morgan fingerprint density at radius 1 is 1.06 bits per heavy atom. The molecule has 3 aliphatic heterocycles. The number of rotatable bonds is 8. The Morgan fingerprint density at radius 2 is 1.76 bits per heavy atom. The molecule has 2 unspecified atom stereocenters. The highest BCUT2D eigenvalue weighted by molar-refractivity contribution is 5.96. The first-order chi connectivity index (χ1) is 16.0. The van der Waals surface area contributed by atoms with E-state index in [-0.39, 0.29) is 11.3 Å². The van der Waals surface area contributed by atoms with Gasteiger partial charge in [-0.3, -0.25) is 24.3 Å². The number of carboxylic acids is 1. The highest BCUT2D eigenvalue weighted by Gasteiger charge is 2.44. The van der Waals surface area contributed by atoms with E-state index < -0.39 is 11.9 Å². The number of carboxylic acid groups (broad SMARTS) is 1. The first-order valence-corrected chi connectivity index (χ1v) is 12.7. The Bertz CT molecular complexity index is 774. The molecule has 7 heteroatoms. The molecule has 3 saturated heterocycles. The topological polar surface area (TPSA) is 76.1 Å². The van der Waals surface area contributed by atoms with Gasteiger partial charge in [0.2, 0.25) is 0 Å². The predicted octanol–water partition coefficient (Wildman–Crippen LogP) is 2.42. The van der Waals surface area contributed by atoms with Crippen molar-refractivity contribution < 1.29 is 14.7 Å². The van der Waals surface area contributed by atoms with Gasteiger partial charge in [-0.15, -0.1) is 0 Å². The predicted molar refractivity (Wildman–Crippen MR) is 129 cm³/mol. The second-order valence-corrected chi connectivity index (χ2v) is 10.1. The molecule has 7 nitrogen and oxygen atoms in total. The van der Waals surface area contributed by atoms with Crippen LogP contribution in [0.4, 0.5) is 0 Å². The van der Waals surface area contributed by atoms with Crippen LogP contribution in [0.3, 0.4) is 0 Å². The smallest absolute Gasteiger partial charge is 0.314 e. The van der Waals surface area contributed by atoms with Crippen molar-refractivity contribution in [3.05, 3.63) is 35.9 Å². The number of piperidine rings is 2. The van der Waals surface area contributed by atoms with E-state index in [2.05, 4.69) is 50.3 Å². The summed E-state index contributed by atoms with van der Waals surface area (Å²) < 4.78 is 0. The van der Waals surface area contributed by atoms with Crippen LogP contribution in [-0.2, 0) is 16.1 Å².